The van der Waals surface area contributed by atoms with Gasteiger partial charge in [0.1, 0.15) is 5.75 Å². The number of ether oxygens (including phenoxy) is 1. The van der Waals surface area contributed by atoms with Crippen LogP contribution in [0, 0.1) is 5.92 Å². The number of carbonyl (C=O) groups is 1. The molecule has 0 bridgehead atoms. The lowest BCUT2D eigenvalue weighted by Gasteiger charge is -2.24. The van der Waals surface area contributed by atoms with E-state index in [1.807, 2.05) is 25.1 Å². The van der Waals surface area contributed by atoms with Gasteiger partial charge in [-0.2, -0.15) is 0 Å². The van der Waals surface area contributed by atoms with Gasteiger partial charge >= 0.3 is 0 Å². The second-order valence-corrected chi connectivity index (χ2v) is 5.85. The monoisotopic (exact) mass is 305 g/mol. The molecule has 0 radical (unpaired) electrons. The maximum Gasteiger partial charge on any atom is 0.225 e. The van der Waals surface area contributed by atoms with E-state index >= 15 is 0 Å². The van der Waals surface area contributed by atoms with E-state index in [2.05, 4.69) is 28.2 Å². The SMILES string of the molecule is CCOc1ccccc1CN1CCN(C)C[C@H](C(=O)NC)C1. The Balaban J connectivity index is 2.09. The van der Waals surface area contributed by atoms with E-state index in [9.17, 15) is 4.79 Å². The number of likely N-dealkylation sites (N-methyl/N-ethyl adjacent to an activating group) is 1. The highest BCUT2D eigenvalue weighted by molar-refractivity contribution is 5.78. The van der Waals surface area contributed by atoms with Crippen LogP contribution in [0.1, 0.15) is 12.5 Å². The highest BCUT2D eigenvalue weighted by Gasteiger charge is 2.26. The highest BCUT2D eigenvalue weighted by Crippen LogP contribution is 2.21. The molecular formula is C17H27N3O2. The Morgan fingerprint density at radius 1 is 1.32 bits per heavy atom. The number of hydrogen-bond donors (Lipinski definition) is 1. The highest BCUT2D eigenvalue weighted by atomic mass is 16.5. The Morgan fingerprint density at radius 2 is 2.09 bits per heavy atom. The minimum Gasteiger partial charge on any atom is -0.494 e. The lowest BCUT2D eigenvalue weighted by molar-refractivity contribution is -0.125. The molecule has 22 heavy (non-hydrogen) atoms. The Hall–Kier alpha value is -1.59. The zero-order valence-corrected chi connectivity index (χ0v) is 13.8. The zero-order valence-electron chi connectivity index (χ0n) is 13.8. The largest absolute Gasteiger partial charge is 0.494 e. The molecule has 5 nitrogen and oxygen atoms in total. The maximum atomic E-state index is 12.0. The van der Waals surface area contributed by atoms with Gasteiger partial charge in [0.05, 0.1) is 12.5 Å². The molecule has 1 fully saturated rings. The summed E-state index contributed by atoms with van der Waals surface area (Å²) in [4.78, 5) is 16.6. The molecule has 0 aliphatic carbocycles. The number of benzene rings is 1. The summed E-state index contributed by atoms with van der Waals surface area (Å²) in [6.07, 6.45) is 0. The van der Waals surface area contributed by atoms with Crippen molar-refractivity contribution in [3.8, 4) is 5.75 Å². The van der Waals surface area contributed by atoms with Gasteiger partial charge in [-0.25, -0.2) is 0 Å². The van der Waals surface area contributed by atoms with Crippen LogP contribution in [0.3, 0.4) is 0 Å². The van der Waals surface area contributed by atoms with E-state index in [1.54, 1.807) is 7.05 Å². The topological polar surface area (TPSA) is 44.8 Å². The molecule has 1 N–H and O–H groups in total. The number of hydrogen-bond acceptors (Lipinski definition) is 4. The Morgan fingerprint density at radius 3 is 2.82 bits per heavy atom. The van der Waals surface area contributed by atoms with E-state index in [1.165, 1.54) is 5.56 Å². The van der Waals surface area contributed by atoms with Crippen molar-refractivity contribution in [1.82, 2.24) is 15.1 Å². The van der Waals surface area contributed by atoms with Gasteiger partial charge in [0.15, 0.2) is 0 Å². The van der Waals surface area contributed by atoms with Gasteiger partial charge in [0.2, 0.25) is 5.91 Å². The average molecular weight is 305 g/mol. The van der Waals surface area contributed by atoms with Crippen molar-refractivity contribution in [2.45, 2.75) is 13.5 Å². The first-order valence-corrected chi connectivity index (χ1v) is 7.97. The van der Waals surface area contributed by atoms with Crippen LogP contribution in [0.15, 0.2) is 24.3 Å². The zero-order chi connectivity index (χ0) is 15.9. The lowest BCUT2D eigenvalue weighted by atomic mass is 10.1. The molecule has 0 spiro atoms. The first-order valence-electron chi connectivity index (χ1n) is 7.97. The molecule has 1 saturated heterocycles. The molecule has 1 aliphatic heterocycles. The van der Waals surface area contributed by atoms with Gasteiger partial charge in [-0.1, -0.05) is 18.2 Å². The van der Waals surface area contributed by atoms with Crippen LogP contribution < -0.4 is 10.1 Å². The molecule has 0 unspecified atom stereocenters. The third kappa shape index (κ3) is 4.45. The van der Waals surface area contributed by atoms with Crippen molar-refractivity contribution in [3.63, 3.8) is 0 Å². The smallest absolute Gasteiger partial charge is 0.225 e. The second kappa shape index (κ2) is 8.15. The summed E-state index contributed by atoms with van der Waals surface area (Å²) in [6, 6.07) is 8.16. The molecule has 1 amide bonds. The maximum absolute atomic E-state index is 12.0. The number of nitrogens with one attached hydrogen (secondary N) is 1. The Kier molecular flexibility index (Phi) is 6.21. The van der Waals surface area contributed by atoms with E-state index in [4.69, 9.17) is 4.74 Å². The fraction of sp³-hybridized carbons (Fsp3) is 0.588. The summed E-state index contributed by atoms with van der Waals surface area (Å²) in [6.45, 7) is 7.01. The second-order valence-electron chi connectivity index (χ2n) is 5.85. The van der Waals surface area contributed by atoms with Crippen LogP contribution in [-0.4, -0.2) is 62.6 Å². The molecule has 1 aromatic rings. The molecule has 0 aromatic heterocycles. The predicted molar refractivity (Wildman–Crippen MR) is 87.9 cm³/mol. The summed E-state index contributed by atoms with van der Waals surface area (Å²) in [5, 5.41) is 2.78. The third-order valence-electron chi connectivity index (χ3n) is 4.09. The van der Waals surface area contributed by atoms with Crippen molar-refractivity contribution in [2.24, 2.45) is 5.92 Å². The normalized spacial score (nSPS) is 20.4. The van der Waals surface area contributed by atoms with E-state index < -0.39 is 0 Å². The predicted octanol–water partition coefficient (Wildman–Crippen LogP) is 1.19. The Bertz CT molecular complexity index is 493. The van der Waals surface area contributed by atoms with Crippen LogP contribution in [0.25, 0.3) is 0 Å². The minimum atomic E-state index is 0.0109. The molecule has 2 rings (SSSR count). The molecule has 0 saturated carbocycles. The lowest BCUT2D eigenvalue weighted by Crippen LogP contribution is -2.39. The Labute approximate surface area is 133 Å². The van der Waals surface area contributed by atoms with E-state index in [-0.39, 0.29) is 11.8 Å². The molecule has 1 aliphatic rings. The van der Waals surface area contributed by atoms with Crippen molar-refractivity contribution < 1.29 is 9.53 Å². The number of amides is 1. The molecule has 1 aromatic carbocycles. The summed E-state index contributed by atoms with van der Waals surface area (Å²) in [7, 11) is 3.79. The average Bonchev–Trinajstić information content (AvgIpc) is 2.71. The van der Waals surface area contributed by atoms with E-state index in [0.29, 0.717) is 6.61 Å². The summed E-state index contributed by atoms with van der Waals surface area (Å²) < 4.78 is 5.71. The molecule has 5 heteroatoms. The van der Waals surface area contributed by atoms with Crippen molar-refractivity contribution in [3.05, 3.63) is 29.8 Å². The molecular weight excluding hydrogens is 278 g/mol. The van der Waals surface area contributed by atoms with Gasteiger partial charge in [0.25, 0.3) is 0 Å². The van der Waals surface area contributed by atoms with Crippen molar-refractivity contribution in [2.75, 3.05) is 46.9 Å². The van der Waals surface area contributed by atoms with Crippen LogP contribution in [-0.2, 0) is 11.3 Å². The van der Waals surface area contributed by atoms with Gasteiger partial charge in [-0.05, 0) is 20.0 Å². The quantitative estimate of drug-likeness (QED) is 0.888. The van der Waals surface area contributed by atoms with Crippen LogP contribution >= 0.6 is 0 Å². The number of nitrogens with zero attached hydrogens (tertiary/aromatic N) is 2. The molecule has 122 valence electrons. The van der Waals surface area contributed by atoms with Crippen LogP contribution in [0.2, 0.25) is 0 Å². The number of carbonyl (C=O) groups excluding carboxylic acids is 1. The van der Waals surface area contributed by atoms with Gasteiger partial charge in [0, 0.05) is 45.3 Å². The van der Waals surface area contributed by atoms with Gasteiger partial charge in [-0.15, -0.1) is 0 Å². The summed E-state index contributed by atoms with van der Waals surface area (Å²) in [5.41, 5.74) is 1.18. The van der Waals surface area contributed by atoms with Crippen LogP contribution in [0.4, 0.5) is 0 Å². The van der Waals surface area contributed by atoms with Crippen LogP contribution in [0.5, 0.6) is 5.75 Å². The molecule has 1 heterocycles. The number of rotatable bonds is 5. The van der Waals surface area contributed by atoms with Gasteiger partial charge < -0.3 is 15.0 Å². The first-order chi connectivity index (χ1) is 10.6. The minimum absolute atomic E-state index is 0.0109. The van der Waals surface area contributed by atoms with Crippen molar-refractivity contribution in [1.29, 1.82) is 0 Å². The first kappa shape index (κ1) is 16.8. The van der Waals surface area contributed by atoms with Crippen molar-refractivity contribution >= 4 is 5.91 Å². The standard InChI is InChI=1S/C17H27N3O2/c1-4-22-16-8-6-5-7-14(16)12-20-10-9-19(3)11-15(13-20)17(21)18-2/h5-8,15H,4,9-13H2,1-3H3,(H,18,21)/t15-/m0/s1. The summed E-state index contributed by atoms with van der Waals surface area (Å²) >= 11 is 0. The fourth-order valence-corrected chi connectivity index (χ4v) is 2.93. The van der Waals surface area contributed by atoms with E-state index in [0.717, 1.165) is 38.5 Å². The fourth-order valence-electron chi connectivity index (χ4n) is 2.93. The summed E-state index contributed by atoms with van der Waals surface area (Å²) in [5.74, 6) is 1.08. The van der Waals surface area contributed by atoms with Gasteiger partial charge in [-0.3, -0.25) is 9.69 Å². The molecule has 1 atom stereocenters. The third-order valence-corrected chi connectivity index (χ3v) is 4.09. The number of para-hydroxylation sites is 1.